The van der Waals surface area contributed by atoms with Gasteiger partial charge in [0.2, 0.25) is 20.0 Å². The lowest BCUT2D eigenvalue weighted by Crippen LogP contribution is -2.47. The summed E-state index contributed by atoms with van der Waals surface area (Å²) in [7, 11) is -3.13. The quantitative estimate of drug-likeness (QED) is 0.791. The molecular weight excluding hydrogens is 374 g/mol. The van der Waals surface area contributed by atoms with Gasteiger partial charge in [0.25, 0.3) is 0 Å². The van der Waals surface area contributed by atoms with Crippen LogP contribution in [0.1, 0.15) is 12.8 Å². The van der Waals surface area contributed by atoms with Crippen molar-refractivity contribution in [3.8, 4) is 0 Å². The van der Waals surface area contributed by atoms with Crippen LogP contribution in [0.15, 0.2) is 34.1 Å². The largest absolute Gasteiger partial charge is 0.316 e. The van der Waals surface area contributed by atoms with Gasteiger partial charge in [-0.05, 0) is 32.0 Å². The van der Waals surface area contributed by atoms with Gasteiger partial charge < -0.3 is 5.32 Å². The van der Waals surface area contributed by atoms with Gasteiger partial charge in [0.15, 0.2) is 0 Å². The van der Waals surface area contributed by atoms with Crippen LogP contribution in [0, 0.1) is 0 Å². The maximum absolute atomic E-state index is 13.0. The van der Waals surface area contributed by atoms with E-state index in [-0.39, 0.29) is 28.2 Å². The van der Waals surface area contributed by atoms with E-state index in [9.17, 15) is 16.8 Å². The van der Waals surface area contributed by atoms with Crippen LogP contribution in [0.4, 0.5) is 0 Å². The Morgan fingerprint density at radius 3 is 2.25 bits per heavy atom. The number of halogens is 1. The van der Waals surface area contributed by atoms with Gasteiger partial charge >= 0.3 is 0 Å². The summed E-state index contributed by atoms with van der Waals surface area (Å²) in [5, 5.41) is 3.09. The molecule has 1 aliphatic heterocycles. The highest BCUT2D eigenvalue weighted by Crippen LogP contribution is 2.27. The lowest BCUT2D eigenvalue weighted by Gasteiger charge is -2.32. The molecular formula is C14H24ClN3O4S2. The third-order valence-corrected chi connectivity index (χ3v) is 7.94. The Balaban J connectivity index is 0.00000288. The molecule has 24 heavy (non-hydrogen) atoms. The molecule has 0 aliphatic carbocycles. The fourth-order valence-corrected chi connectivity index (χ4v) is 5.80. The molecule has 1 saturated heterocycles. The summed E-state index contributed by atoms with van der Waals surface area (Å²) in [6, 6.07) is 5.84. The van der Waals surface area contributed by atoms with Gasteiger partial charge in [0.05, 0.1) is 0 Å². The minimum Gasteiger partial charge on any atom is -0.316 e. The van der Waals surface area contributed by atoms with Crippen molar-refractivity contribution in [1.82, 2.24) is 13.9 Å². The summed E-state index contributed by atoms with van der Waals surface area (Å²) < 4.78 is 53.2. The van der Waals surface area contributed by atoms with E-state index in [1.807, 2.05) is 0 Å². The van der Waals surface area contributed by atoms with Crippen molar-refractivity contribution in [2.45, 2.75) is 28.7 Å². The van der Waals surface area contributed by atoms with Crippen molar-refractivity contribution >= 4 is 32.5 Å². The molecule has 1 aromatic rings. The van der Waals surface area contributed by atoms with Gasteiger partial charge in [-0.1, -0.05) is 12.1 Å². The number of nitrogens with zero attached hydrogens (tertiary/aromatic N) is 2. The summed E-state index contributed by atoms with van der Waals surface area (Å²) in [6.07, 6.45) is 1.65. The zero-order chi connectivity index (χ0) is 17.3. The van der Waals surface area contributed by atoms with Crippen molar-refractivity contribution < 1.29 is 16.8 Å². The highest BCUT2D eigenvalue weighted by molar-refractivity contribution is 7.92. The second-order valence-electron chi connectivity index (χ2n) is 5.73. The monoisotopic (exact) mass is 397 g/mol. The van der Waals surface area contributed by atoms with Crippen LogP contribution in [0.25, 0.3) is 0 Å². The molecule has 10 heteroatoms. The molecule has 0 radical (unpaired) electrons. The van der Waals surface area contributed by atoms with Crippen molar-refractivity contribution in [3.05, 3.63) is 24.3 Å². The molecule has 1 heterocycles. The summed E-state index contributed by atoms with van der Waals surface area (Å²) >= 11 is 0. The molecule has 1 fully saturated rings. The number of sulfonamides is 2. The fourth-order valence-electron chi connectivity index (χ4n) is 2.61. The zero-order valence-corrected chi connectivity index (χ0v) is 16.4. The lowest BCUT2D eigenvalue weighted by atomic mass is 10.1. The minimum absolute atomic E-state index is 0. The van der Waals surface area contributed by atoms with Crippen LogP contribution >= 0.6 is 12.4 Å². The third-order valence-electron chi connectivity index (χ3n) is 4.02. The van der Waals surface area contributed by atoms with E-state index in [2.05, 4.69) is 5.32 Å². The molecule has 0 spiro atoms. The molecule has 1 unspecified atom stereocenters. The predicted molar refractivity (Wildman–Crippen MR) is 95.4 cm³/mol. The van der Waals surface area contributed by atoms with Crippen LogP contribution in [0.5, 0.6) is 0 Å². The van der Waals surface area contributed by atoms with Crippen molar-refractivity contribution in [2.24, 2.45) is 0 Å². The first-order valence-corrected chi connectivity index (χ1v) is 10.3. The summed E-state index contributed by atoms with van der Waals surface area (Å²) in [4.78, 5) is -0.345. The number of likely N-dealkylation sites (N-methyl/N-ethyl adjacent to an activating group) is 1. The number of hydrogen-bond acceptors (Lipinski definition) is 5. The molecule has 1 atom stereocenters. The van der Waals surface area contributed by atoms with Crippen LogP contribution in [0.2, 0.25) is 0 Å². The molecule has 1 N–H and O–H groups in total. The second kappa shape index (κ2) is 8.11. The van der Waals surface area contributed by atoms with Gasteiger partial charge in [-0.3, -0.25) is 0 Å². The van der Waals surface area contributed by atoms with E-state index in [1.54, 1.807) is 13.1 Å². The summed E-state index contributed by atoms with van der Waals surface area (Å²) in [5.41, 5.74) is 0. The maximum atomic E-state index is 13.0. The Kier molecular flexibility index (Phi) is 7.21. The molecule has 0 bridgehead atoms. The van der Waals surface area contributed by atoms with Crippen molar-refractivity contribution in [1.29, 1.82) is 0 Å². The maximum Gasteiger partial charge on any atom is 0.244 e. The Morgan fingerprint density at radius 2 is 1.71 bits per heavy atom. The Hall–Kier alpha value is -0.710. The number of piperidine rings is 1. The van der Waals surface area contributed by atoms with E-state index in [0.29, 0.717) is 13.1 Å². The lowest BCUT2D eigenvalue weighted by molar-refractivity contribution is 0.292. The molecule has 0 amide bonds. The van der Waals surface area contributed by atoms with E-state index >= 15 is 0 Å². The number of benzene rings is 1. The van der Waals surface area contributed by atoms with Crippen LogP contribution in [-0.4, -0.2) is 65.7 Å². The summed E-state index contributed by atoms with van der Waals surface area (Å²) in [5.74, 6) is 0. The first kappa shape index (κ1) is 21.3. The van der Waals surface area contributed by atoms with E-state index in [4.69, 9.17) is 0 Å². The van der Waals surface area contributed by atoms with Gasteiger partial charge in [0.1, 0.15) is 9.79 Å². The average molecular weight is 398 g/mol. The zero-order valence-electron chi connectivity index (χ0n) is 14.0. The Labute approximate surface area is 150 Å². The van der Waals surface area contributed by atoms with Crippen molar-refractivity contribution in [2.75, 3.05) is 34.2 Å². The van der Waals surface area contributed by atoms with Crippen molar-refractivity contribution in [3.63, 3.8) is 0 Å². The molecule has 0 saturated carbocycles. The molecule has 7 nitrogen and oxygen atoms in total. The van der Waals surface area contributed by atoms with Crippen LogP contribution in [0.3, 0.4) is 0 Å². The van der Waals surface area contributed by atoms with Crippen LogP contribution < -0.4 is 5.32 Å². The highest BCUT2D eigenvalue weighted by Gasteiger charge is 2.34. The highest BCUT2D eigenvalue weighted by atomic mass is 35.5. The average Bonchev–Trinajstić information content (AvgIpc) is 2.54. The van der Waals surface area contributed by atoms with E-state index in [1.165, 1.54) is 36.6 Å². The fraction of sp³-hybridized carbons (Fsp3) is 0.571. The smallest absolute Gasteiger partial charge is 0.244 e. The van der Waals surface area contributed by atoms with E-state index < -0.39 is 20.0 Å². The predicted octanol–water partition coefficient (Wildman–Crippen LogP) is 0.731. The summed E-state index contributed by atoms with van der Waals surface area (Å²) in [6.45, 7) is 0.742. The number of rotatable bonds is 5. The topological polar surface area (TPSA) is 86.8 Å². The first-order valence-electron chi connectivity index (χ1n) is 7.40. The Morgan fingerprint density at radius 1 is 1.12 bits per heavy atom. The minimum atomic E-state index is -3.86. The second-order valence-corrected chi connectivity index (χ2v) is 9.75. The standard InChI is InChI=1S/C14H23N3O4S2.ClH/c1-15-12-7-6-10-17(11-12)23(20,21)14-9-5-4-8-13(14)22(18,19)16(2)3;/h4-5,8-9,12,15H,6-7,10-11H2,1-3H3;1H. The molecule has 1 aromatic carbocycles. The molecule has 2 rings (SSSR count). The molecule has 0 aromatic heterocycles. The number of hydrogen-bond donors (Lipinski definition) is 1. The van der Waals surface area contributed by atoms with Crippen LogP contribution in [-0.2, 0) is 20.0 Å². The number of nitrogens with one attached hydrogen (secondary N) is 1. The normalized spacial score (nSPS) is 19.9. The van der Waals surface area contributed by atoms with Gasteiger partial charge in [0, 0.05) is 33.2 Å². The molecule has 1 aliphatic rings. The molecule has 138 valence electrons. The van der Waals surface area contributed by atoms with Gasteiger partial charge in [-0.25, -0.2) is 21.1 Å². The van der Waals surface area contributed by atoms with Gasteiger partial charge in [-0.15, -0.1) is 12.4 Å². The van der Waals surface area contributed by atoms with E-state index in [0.717, 1.165) is 17.1 Å². The van der Waals surface area contributed by atoms with Gasteiger partial charge in [-0.2, -0.15) is 4.31 Å². The Bertz CT molecular complexity index is 766. The SMILES string of the molecule is CNC1CCCN(S(=O)(=O)c2ccccc2S(=O)(=O)N(C)C)C1.Cl. The third kappa shape index (κ3) is 4.09. The first-order chi connectivity index (χ1) is 10.7.